The van der Waals surface area contributed by atoms with Crippen molar-refractivity contribution in [1.82, 2.24) is 19.5 Å². The van der Waals surface area contributed by atoms with Gasteiger partial charge in [-0.3, -0.25) is 4.57 Å². The lowest BCUT2D eigenvalue weighted by atomic mass is 10.3. The molecule has 10 nitrogen and oxygen atoms in total. The monoisotopic (exact) mass is 425 g/mol. The van der Waals surface area contributed by atoms with Crippen LogP contribution in [0.1, 0.15) is 6.92 Å². The van der Waals surface area contributed by atoms with E-state index in [1.807, 2.05) is 24.3 Å². The van der Waals surface area contributed by atoms with Gasteiger partial charge in [-0.1, -0.05) is 17.8 Å². The number of rotatable bonds is 8. The van der Waals surface area contributed by atoms with Gasteiger partial charge in [0.1, 0.15) is 22.6 Å². The number of hydrogen-bond acceptors (Lipinski definition) is 8. The summed E-state index contributed by atoms with van der Waals surface area (Å²) in [4.78, 5) is 31.7. The molecule has 0 spiro atoms. The summed E-state index contributed by atoms with van der Waals surface area (Å²) in [5.74, 6) is 0.827. The van der Waals surface area contributed by atoms with E-state index in [0.717, 1.165) is 10.6 Å². The zero-order valence-electron chi connectivity index (χ0n) is 15.2. The van der Waals surface area contributed by atoms with Gasteiger partial charge in [0.2, 0.25) is 5.95 Å². The fourth-order valence-corrected chi connectivity index (χ4v) is 3.84. The van der Waals surface area contributed by atoms with E-state index in [9.17, 15) is 4.57 Å². The number of imidazole rings is 1. The third-order valence-electron chi connectivity index (χ3n) is 3.69. The molecule has 0 amide bonds. The van der Waals surface area contributed by atoms with Crippen LogP contribution in [0.3, 0.4) is 0 Å². The van der Waals surface area contributed by atoms with Gasteiger partial charge in [0.25, 0.3) is 0 Å². The number of anilines is 1. The highest BCUT2D eigenvalue weighted by Gasteiger charge is 2.18. The molecule has 28 heavy (non-hydrogen) atoms. The maximum absolute atomic E-state index is 11.0. The third kappa shape index (κ3) is 5.21. The second-order valence-electron chi connectivity index (χ2n) is 6.01. The van der Waals surface area contributed by atoms with Crippen molar-refractivity contribution in [1.29, 1.82) is 0 Å². The number of nitrogens with two attached hydrogens (primary N) is 1. The molecule has 2 aromatic heterocycles. The van der Waals surface area contributed by atoms with E-state index in [1.165, 1.54) is 11.8 Å². The molecule has 0 aliphatic heterocycles. The highest BCUT2D eigenvalue weighted by atomic mass is 32.2. The topological polar surface area (TPSA) is 146 Å². The van der Waals surface area contributed by atoms with Crippen molar-refractivity contribution < 1.29 is 23.8 Å². The number of nitrogen functional groups attached to an aromatic ring is 1. The molecule has 2 heterocycles. The van der Waals surface area contributed by atoms with Crippen LogP contribution in [0, 0.1) is 0 Å². The predicted molar refractivity (Wildman–Crippen MR) is 104 cm³/mol. The van der Waals surface area contributed by atoms with Crippen molar-refractivity contribution in [3.8, 4) is 5.75 Å². The van der Waals surface area contributed by atoms with Crippen LogP contribution in [-0.2, 0) is 15.8 Å². The molecule has 0 radical (unpaired) electrons. The van der Waals surface area contributed by atoms with E-state index in [0.29, 0.717) is 22.7 Å². The molecule has 0 saturated carbocycles. The summed E-state index contributed by atoms with van der Waals surface area (Å²) in [5.41, 5.74) is 6.96. The molecule has 1 unspecified atom stereocenters. The molecule has 0 bridgehead atoms. The average Bonchev–Trinajstić information content (AvgIpc) is 3.02. The molecule has 0 aliphatic rings. The van der Waals surface area contributed by atoms with Gasteiger partial charge >= 0.3 is 7.60 Å². The molecule has 0 fully saturated rings. The number of benzene rings is 1. The quantitative estimate of drug-likeness (QED) is 0.362. The molecular weight excluding hydrogens is 405 g/mol. The van der Waals surface area contributed by atoms with Gasteiger partial charge in [-0.25, -0.2) is 9.97 Å². The van der Waals surface area contributed by atoms with Gasteiger partial charge in [-0.05, 0) is 25.1 Å². The first-order valence-electron chi connectivity index (χ1n) is 8.21. The van der Waals surface area contributed by atoms with Crippen LogP contribution in [0.5, 0.6) is 5.75 Å². The van der Waals surface area contributed by atoms with Crippen LogP contribution >= 0.6 is 19.4 Å². The van der Waals surface area contributed by atoms with Crippen LogP contribution < -0.4 is 10.5 Å². The number of methoxy groups -OCH3 is 1. The first-order valence-corrected chi connectivity index (χ1v) is 10.8. The molecule has 1 aromatic carbocycles. The Morgan fingerprint density at radius 3 is 2.86 bits per heavy atom. The van der Waals surface area contributed by atoms with Gasteiger partial charge in [0.15, 0.2) is 5.65 Å². The minimum Gasteiger partial charge on any atom is -0.497 e. The highest BCUT2D eigenvalue weighted by Crippen LogP contribution is 2.35. The summed E-state index contributed by atoms with van der Waals surface area (Å²) in [5, 5.41) is 0.596. The van der Waals surface area contributed by atoms with Gasteiger partial charge in [0.05, 0.1) is 26.1 Å². The molecule has 4 N–H and O–H groups in total. The second-order valence-corrected chi connectivity index (χ2v) is 8.66. The molecule has 3 rings (SSSR count). The summed E-state index contributed by atoms with van der Waals surface area (Å²) in [6.45, 7) is 2.01. The number of fused-ring (bicyclic) bond motifs is 1. The van der Waals surface area contributed by atoms with Crippen LogP contribution in [0.4, 0.5) is 5.95 Å². The zero-order chi connectivity index (χ0) is 20.3. The Bertz CT molecular complexity index is 1020. The maximum atomic E-state index is 11.0. The molecule has 150 valence electrons. The fourth-order valence-electron chi connectivity index (χ4n) is 2.47. The minimum atomic E-state index is -4.23. The van der Waals surface area contributed by atoms with Crippen molar-refractivity contribution in [2.75, 3.05) is 19.2 Å². The lowest BCUT2D eigenvalue weighted by Gasteiger charge is -2.14. The molecule has 3 aromatic rings. The van der Waals surface area contributed by atoms with E-state index in [1.54, 1.807) is 24.9 Å². The highest BCUT2D eigenvalue weighted by molar-refractivity contribution is 7.99. The molecule has 0 aliphatic carbocycles. The Hall–Kier alpha value is -2.17. The zero-order valence-corrected chi connectivity index (χ0v) is 16.9. The largest absolute Gasteiger partial charge is 0.497 e. The van der Waals surface area contributed by atoms with Crippen LogP contribution in [-0.4, -0.2) is 48.9 Å². The van der Waals surface area contributed by atoms with Crippen molar-refractivity contribution in [2.24, 2.45) is 0 Å². The van der Waals surface area contributed by atoms with Crippen LogP contribution in [0.2, 0.25) is 0 Å². The van der Waals surface area contributed by atoms with E-state index >= 15 is 0 Å². The Kier molecular flexibility index (Phi) is 6.21. The molecule has 0 saturated heterocycles. The van der Waals surface area contributed by atoms with E-state index in [2.05, 4.69) is 15.0 Å². The predicted octanol–water partition coefficient (Wildman–Crippen LogP) is 2.11. The smallest absolute Gasteiger partial charge is 0.350 e. The number of aromatic nitrogens is 4. The average molecular weight is 425 g/mol. The lowest BCUT2D eigenvalue weighted by molar-refractivity contribution is 0.0764. The molecule has 1 atom stereocenters. The SMILES string of the molecule is COc1cccc(Sc2nc(N)nc3c2ncn3CC(C)OCP(=O)(O)O)c1. The van der Waals surface area contributed by atoms with Gasteiger partial charge in [-0.15, -0.1) is 0 Å². The number of ether oxygens (including phenoxy) is 2. The molecule has 12 heteroatoms. The summed E-state index contributed by atoms with van der Waals surface area (Å²) >= 11 is 1.39. The summed E-state index contributed by atoms with van der Waals surface area (Å²) in [6, 6.07) is 7.53. The van der Waals surface area contributed by atoms with Gasteiger partial charge < -0.3 is 29.6 Å². The van der Waals surface area contributed by atoms with Gasteiger partial charge in [0, 0.05) is 4.90 Å². The summed E-state index contributed by atoms with van der Waals surface area (Å²) < 4.78 is 23.1. The van der Waals surface area contributed by atoms with E-state index in [4.69, 9.17) is 25.0 Å². The maximum Gasteiger partial charge on any atom is 0.350 e. The summed E-state index contributed by atoms with van der Waals surface area (Å²) in [6.07, 6.45) is 0.469. The molecular formula is C16H20N5O5PS. The van der Waals surface area contributed by atoms with Crippen LogP contribution in [0.15, 0.2) is 40.5 Å². The van der Waals surface area contributed by atoms with Crippen molar-refractivity contribution in [3.05, 3.63) is 30.6 Å². The van der Waals surface area contributed by atoms with Gasteiger partial charge in [-0.2, -0.15) is 4.98 Å². The Morgan fingerprint density at radius 2 is 2.14 bits per heavy atom. The van der Waals surface area contributed by atoms with E-state index < -0.39 is 20.0 Å². The van der Waals surface area contributed by atoms with Crippen LogP contribution in [0.25, 0.3) is 11.2 Å². The second kappa shape index (κ2) is 8.46. The Labute approximate surface area is 165 Å². The fraction of sp³-hybridized carbons (Fsp3) is 0.312. The van der Waals surface area contributed by atoms with E-state index in [-0.39, 0.29) is 5.95 Å². The number of hydrogen-bond donors (Lipinski definition) is 3. The number of nitrogens with zero attached hydrogens (tertiary/aromatic N) is 4. The lowest BCUT2D eigenvalue weighted by Crippen LogP contribution is -2.17. The van der Waals surface area contributed by atoms with Crippen molar-refractivity contribution in [3.63, 3.8) is 0 Å². The standard InChI is InChI=1S/C16H20N5O5PS/c1-10(26-9-27(22,23)24)7-21-8-18-13-14(21)19-16(17)20-15(13)28-12-5-3-4-11(6-12)25-2/h3-6,8,10H,7,9H2,1-2H3,(H2,17,19,20)(H2,22,23,24). The summed E-state index contributed by atoms with van der Waals surface area (Å²) in [7, 11) is -2.63. The first kappa shape index (κ1) is 20.6. The Morgan fingerprint density at radius 1 is 1.36 bits per heavy atom. The Balaban J connectivity index is 1.85. The normalized spacial score (nSPS) is 13.0. The minimum absolute atomic E-state index is 0.100. The first-order chi connectivity index (χ1) is 13.2. The van der Waals surface area contributed by atoms with Crippen molar-refractivity contribution in [2.45, 2.75) is 29.5 Å². The third-order valence-corrected chi connectivity index (χ3v) is 5.14. The van der Waals surface area contributed by atoms with Crippen molar-refractivity contribution >= 4 is 36.5 Å².